The van der Waals surface area contributed by atoms with Gasteiger partial charge < -0.3 is 10.5 Å². The number of methoxy groups -OCH3 is 1. The SMILES string of the molecule is COc1cc(C(F)(F)F)c(-c2cc(N)n[nH]2)cc1Br. The Morgan fingerprint density at radius 3 is 2.47 bits per heavy atom. The first-order valence-electron chi connectivity index (χ1n) is 5.09. The number of alkyl halides is 3. The topological polar surface area (TPSA) is 63.9 Å². The van der Waals surface area contributed by atoms with Crippen LogP contribution < -0.4 is 10.5 Å². The number of aromatic nitrogens is 2. The van der Waals surface area contributed by atoms with Crippen molar-refractivity contribution in [1.82, 2.24) is 10.2 Å². The minimum absolute atomic E-state index is 0.0515. The van der Waals surface area contributed by atoms with Crippen molar-refractivity contribution in [3.05, 3.63) is 28.2 Å². The summed E-state index contributed by atoms with van der Waals surface area (Å²) in [4.78, 5) is 0. The lowest BCUT2D eigenvalue weighted by atomic mass is 10.0. The molecule has 3 N–H and O–H groups in total. The van der Waals surface area contributed by atoms with Crippen LogP contribution in [0.15, 0.2) is 22.7 Å². The van der Waals surface area contributed by atoms with Crippen LogP contribution in [-0.2, 0) is 6.18 Å². The van der Waals surface area contributed by atoms with Gasteiger partial charge in [-0.2, -0.15) is 18.3 Å². The molecule has 1 aromatic heterocycles. The molecule has 0 bridgehead atoms. The molecule has 1 heterocycles. The smallest absolute Gasteiger partial charge is 0.417 e. The number of ether oxygens (including phenoxy) is 1. The first-order chi connectivity index (χ1) is 8.82. The van der Waals surface area contributed by atoms with Gasteiger partial charge in [0.05, 0.1) is 22.8 Å². The number of nitrogens with zero attached hydrogens (tertiary/aromatic N) is 1. The lowest BCUT2D eigenvalue weighted by Crippen LogP contribution is -2.08. The molecular weight excluding hydrogens is 327 g/mol. The third-order valence-electron chi connectivity index (χ3n) is 2.49. The molecule has 102 valence electrons. The van der Waals surface area contributed by atoms with E-state index in [-0.39, 0.29) is 22.8 Å². The second-order valence-corrected chi connectivity index (χ2v) is 4.59. The standard InChI is InChI=1S/C11H9BrF3N3O/c1-19-9-3-6(11(13,14)15)5(2-7(9)12)8-4-10(16)18-17-8/h2-4H,1H3,(H3,16,17,18). The second kappa shape index (κ2) is 4.76. The normalized spacial score (nSPS) is 11.6. The van der Waals surface area contributed by atoms with Crippen molar-refractivity contribution in [3.8, 4) is 17.0 Å². The van der Waals surface area contributed by atoms with E-state index >= 15 is 0 Å². The molecule has 0 spiro atoms. The molecule has 4 nitrogen and oxygen atoms in total. The Labute approximate surface area is 114 Å². The van der Waals surface area contributed by atoms with Gasteiger partial charge in [-0.25, -0.2) is 0 Å². The van der Waals surface area contributed by atoms with Crippen LogP contribution in [0.3, 0.4) is 0 Å². The third kappa shape index (κ3) is 2.67. The maximum absolute atomic E-state index is 13.1. The van der Waals surface area contributed by atoms with Gasteiger partial charge in [0.15, 0.2) is 0 Å². The van der Waals surface area contributed by atoms with Crippen molar-refractivity contribution in [2.24, 2.45) is 0 Å². The van der Waals surface area contributed by atoms with E-state index in [9.17, 15) is 13.2 Å². The van der Waals surface area contributed by atoms with E-state index in [0.717, 1.165) is 6.07 Å². The molecule has 19 heavy (non-hydrogen) atoms. The highest BCUT2D eigenvalue weighted by Crippen LogP contribution is 2.41. The summed E-state index contributed by atoms with van der Waals surface area (Å²) >= 11 is 3.15. The lowest BCUT2D eigenvalue weighted by Gasteiger charge is -2.14. The van der Waals surface area contributed by atoms with E-state index < -0.39 is 11.7 Å². The Morgan fingerprint density at radius 2 is 2.00 bits per heavy atom. The summed E-state index contributed by atoms with van der Waals surface area (Å²) in [5.74, 6) is 0.221. The number of anilines is 1. The van der Waals surface area contributed by atoms with Gasteiger partial charge in [-0.1, -0.05) is 0 Å². The molecule has 0 aliphatic heterocycles. The summed E-state index contributed by atoms with van der Waals surface area (Å²) in [6.45, 7) is 0. The lowest BCUT2D eigenvalue weighted by molar-refractivity contribution is -0.137. The summed E-state index contributed by atoms with van der Waals surface area (Å²) in [5, 5.41) is 6.09. The summed E-state index contributed by atoms with van der Waals surface area (Å²) < 4.78 is 44.4. The van der Waals surface area contributed by atoms with Crippen molar-refractivity contribution in [3.63, 3.8) is 0 Å². The molecule has 2 rings (SSSR count). The summed E-state index contributed by atoms with van der Waals surface area (Å²) in [5.41, 5.74) is 4.72. The van der Waals surface area contributed by atoms with Crippen LogP contribution in [0.2, 0.25) is 0 Å². The monoisotopic (exact) mass is 335 g/mol. The van der Waals surface area contributed by atoms with Crippen LogP contribution in [-0.4, -0.2) is 17.3 Å². The minimum Gasteiger partial charge on any atom is -0.496 e. The van der Waals surface area contributed by atoms with E-state index in [2.05, 4.69) is 26.1 Å². The maximum atomic E-state index is 13.1. The van der Waals surface area contributed by atoms with Crippen molar-refractivity contribution in [2.45, 2.75) is 6.18 Å². The van der Waals surface area contributed by atoms with Crippen LogP contribution in [0.25, 0.3) is 11.3 Å². The number of aromatic amines is 1. The first kappa shape index (κ1) is 13.7. The molecule has 0 radical (unpaired) electrons. The molecule has 0 saturated carbocycles. The summed E-state index contributed by atoms with van der Waals surface area (Å²) in [6, 6.07) is 3.58. The first-order valence-corrected chi connectivity index (χ1v) is 5.88. The zero-order valence-electron chi connectivity index (χ0n) is 9.68. The quantitative estimate of drug-likeness (QED) is 0.883. The minimum atomic E-state index is -4.51. The zero-order chi connectivity index (χ0) is 14.2. The number of hydrogen-bond acceptors (Lipinski definition) is 3. The van der Waals surface area contributed by atoms with E-state index in [4.69, 9.17) is 10.5 Å². The van der Waals surface area contributed by atoms with Gasteiger partial charge in [0.2, 0.25) is 0 Å². The van der Waals surface area contributed by atoms with Gasteiger partial charge >= 0.3 is 6.18 Å². The molecule has 0 saturated heterocycles. The molecule has 8 heteroatoms. The molecule has 1 aromatic carbocycles. The van der Waals surface area contributed by atoms with Crippen LogP contribution in [0.1, 0.15) is 5.56 Å². The number of nitrogens with one attached hydrogen (secondary N) is 1. The van der Waals surface area contributed by atoms with Gasteiger partial charge in [0.25, 0.3) is 0 Å². The van der Waals surface area contributed by atoms with E-state index in [1.54, 1.807) is 0 Å². The molecule has 0 unspecified atom stereocenters. The predicted molar refractivity (Wildman–Crippen MR) is 67.7 cm³/mol. The number of nitrogens with two attached hydrogens (primary N) is 1. The number of rotatable bonds is 2. The molecule has 0 aliphatic carbocycles. The number of halogens is 4. The highest BCUT2D eigenvalue weighted by molar-refractivity contribution is 9.10. The van der Waals surface area contributed by atoms with E-state index in [1.807, 2.05) is 0 Å². The number of benzene rings is 1. The molecule has 0 atom stereocenters. The Bertz CT molecular complexity index is 610. The summed E-state index contributed by atoms with van der Waals surface area (Å²) in [7, 11) is 1.30. The second-order valence-electron chi connectivity index (χ2n) is 3.74. The fourth-order valence-corrected chi connectivity index (χ4v) is 2.15. The molecular formula is C11H9BrF3N3O. The highest BCUT2D eigenvalue weighted by Gasteiger charge is 2.35. The van der Waals surface area contributed by atoms with Gasteiger partial charge in [-0.3, -0.25) is 5.10 Å². The fourth-order valence-electron chi connectivity index (χ4n) is 1.64. The fraction of sp³-hybridized carbons (Fsp3) is 0.182. The van der Waals surface area contributed by atoms with Gasteiger partial charge in [-0.05, 0) is 28.1 Å². The maximum Gasteiger partial charge on any atom is 0.417 e. The van der Waals surface area contributed by atoms with Gasteiger partial charge in [0.1, 0.15) is 11.6 Å². The van der Waals surface area contributed by atoms with E-state index in [1.165, 1.54) is 19.2 Å². The van der Waals surface area contributed by atoms with Gasteiger partial charge in [-0.15, -0.1) is 0 Å². The Hall–Kier alpha value is -1.70. The van der Waals surface area contributed by atoms with Gasteiger partial charge in [0, 0.05) is 11.6 Å². The van der Waals surface area contributed by atoms with Crippen LogP contribution in [0.4, 0.5) is 19.0 Å². The average molecular weight is 336 g/mol. The predicted octanol–water partition coefficient (Wildman–Crippen LogP) is 3.45. The van der Waals surface area contributed by atoms with Crippen molar-refractivity contribution in [2.75, 3.05) is 12.8 Å². The average Bonchev–Trinajstić information content (AvgIpc) is 2.74. The molecule has 0 fully saturated rings. The van der Waals surface area contributed by atoms with E-state index in [0.29, 0.717) is 4.47 Å². The van der Waals surface area contributed by atoms with Crippen LogP contribution in [0.5, 0.6) is 5.75 Å². The van der Waals surface area contributed by atoms with Crippen LogP contribution in [0, 0.1) is 0 Å². The highest BCUT2D eigenvalue weighted by atomic mass is 79.9. The largest absolute Gasteiger partial charge is 0.496 e. The molecule has 2 aromatic rings. The number of hydrogen-bond donors (Lipinski definition) is 2. The van der Waals surface area contributed by atoms with Crippen molar-refractivity contribution >= 4 is 21.7 Å². The number of H-pyrrole nitrogens is 1. The Morgan fingerprint density at radius 1 is 1.32 bits per heavy atom. The zero-order valence-corrected chi connectivity index (χ0v) is 11.3. The van der Waals surface area contributed by atoms with Crippen molar-refractivity contribution in [1.29, 1.82) is 0 Å². The van der Waals surface area contributed by atoms with Crippen molar-refractivity contribution < 1.29 is 17.9 Å². The Balaban J connectivity index is 2.68. The summed E-state index contributed by atoms with van der Waals surface area (Å²) in [6.07, 6.45) is -4.51. The van der Waals surface area contributed by atoms with Crippen LogP contribution >= 0.6 is 15.9 Å². The Kier molecular flexibility index (Phi) is 3.44. The molecule has 0 aliphatic rings. The molecule has 0 amide bonds. The third-order valence-corrected chi connectivity index (χ3v) is 3.10. The number of nitrogen functional groups attached to an aromatic ring is 1.